The van der Waals surface area contributed by atoms with E-state index < -0.39 is 0 Å². The van der Waals surface area contributed by atoms with Crippen molar-refractivity contribution in [1.82, 2.24) is 0 Å². The second-order valence-corrected chi connectivity index (χ2v) is 6.31. The van der Waals surface area contributed by atoms with E-state index >= 15 is 0 Å². The monoisotopic (exact) mass is 354 g/mol. The largest absolute Gasteiger partial charge is 0.490 e. The van der Waals surface area contributed by atoms with Gasteiger partial charge in [0.15, 0.2) is 5.17 Å². The third-order valence-electron chi connectivity index (χ3n) is 2.79. The Morgan fingerprint density at radius 2 is 2.30 bits per heavy atom. The van der Waals surface area contributed by atoms with Crippen LogP contribution in [0.1, 0.15) is 25.8 Å². The minimum Gasteiger partial charge on any atom is -0.490 e. The third-order valence-corrected chi connectivity index (χ3v) is 4.23. The molecule has 0 bridgehead atoms. The van der Waals surface area contributed by atoms with Gasteiger partial charge in [0, 0.05) is 0 Å². The molecule has 0 aliphatic carbocycles. The van der Waals surface area contributed by atoms with E-state index in [0.29, 0.717) is 4.91 Å². The number of nitrogens with two attached hydrogens (primary N) is 1. The van der Waals surface area contributed by atoms with E-state index in [1.807, 2.05) is 25.1 Å². The van der Waals surface area contributed by atoms with Crippen molar-refractivity contribution < 1.29 is 9.53 Å². The molecule has 1 unspecified atom stereocenters. The van der Waals surface area contributed by atoms with Crippen LogP contribution in [0.5, 0.6) is 5.75 Å². The first-order chi connectivity index (χ1) is 9.49. The van der Waals surface area contributed by atoms with Gasteiger partial charge in [0.2, 0.25) is 0 Å². The molecule has 0 radical (unpaired) electrons. The summed E-state index contributed by atoms with van der Waals surface area (Å²) in [6.07, 6.45) is 2.88. The van der Waals surface area contributed by atoms with Gasteiger partial charge in [0.25, 0.3) is 5.91 Å². The first-order valence-electron chi connectivity index (χ1n) is 6.24. The number of hydrogen-bond donors (Lipinski definition) is 1. The molecule has 1 heterocycles. The first-order valence-corrected chi connectivity index (χ1v) is 7.84. The maximum Gasteiger partial charge on any atom is 0.286 e. The summed E-state index contributed by atoms with van der Waals surface area (Å²) in [4.78, 5) is 15.7. The van der Waals surface area contributed by atoms with Crippen molar-refractivity contribution >= 4 is 44.8 Å². The van der Waals surface area contributed by atoms with Gasteiger partial charge in [-0.3, -0.25) is 4.79 Å². The maximum atomic E-state index is 11.5. The highest BCUT2D eigenvalue weighted by Gasteiger charge is 2.19. The Balaban J connectivity index is 2.18. The molecule has 0 saturated heterocycles. The fourth-order valence-corrected chi connectivity index (χ4v) is 2.75. The molecule has 2 N–H and O–H groups in total. The molecule has 20 heavy (non-hydrogen) atoms. The second-order valence-electron chi connectivity index (χ2n) is 4.39. The molecule has 4 nitrogen and oxygen atoms in total. The Hall–Kier alpha value is -1.27. The summed E-state index contributed by atoms with van der Waals surface area (Å²) < 4.78 is 6.63. The lowest BCUT2D eigenvalue weighted by Gasteiger charge is -2.14. The van der Waals surface area contributed by atoms with Crippen LogP contribution in [-0.2, 0) is 4.79 Å². The van der Waals surface area contributed by atoms with E-state index in [4.69, 9.17) is 10.5 Å². The summed E-state index contributed by atoms with van der Waals surface area (Å²) in [6.45, 7) is 4.10. The van der Waals surface area contributed by atoms with Gasteiger partial charge in [-0.15, -0.1) is 0 Å². The fraction of sp³-hybridized carbons (Fsp3) is 0.286. The van der Waals surface area contributed by atoms with Crippen LogP contribution in [0.25, 0.3) is 6.08 Å². The minimum absolute atomic E-state index is 0.163. The number of nitrogens with zero attached hydrogens (tertiary/aromatic N) is 1. The predicted molar refractivity (Wildman–Crippen MR) is 86.7 cm³/mol. The van der Waals surface area contributed by atoms with Gasteiger partial charge in [-0.25, -0.2) is 0 Å². The smallest absolute Gasteiger partial charge is 0.286 e. The van der Waals surface area contributed by atoms with Crippen molar-refractivity contribution in [2.75, 3.05) is 0 Å². The Labute approximate surface area is 130 Å². The zero-order valence-corrected chi connectivity index (χ0v) is 13.6. The molecular weight excluding hydrogens is 340 g/mol. The van der Waals surface area contributed by atoms with Crippen molar-refractivity contribution in [3.63, 3.8) is 0 Å². The van der Waals surface area contributed by atoms with Gasteiger partial charge >= 0.3 is 0 Å². The Morgan fingerprint density at radius 3 is 2.85 bits per heavy atom. The lowest BCUT2D eigenvalue weighted by Crippen LogP contribution is -2.09. The number of rotatable bonds is 4. The van der Waals surface area contributed by atoms with Crippen molar-refractivity contribution in [2.24, 2.45) is 10.7 Å². The molecule has 1 aromatic carbocycles. The zero-order chi connectivity index (χ0) is 14.7. The number of aliphatic imine (C=N–C) groups is 1. The van der Waals surface area contributed by atoms with Gasteiger partial charge in [-0.2, -0.15) is 4.99 Å². The van der Waals surface area contributed by atoms with Gasteiger partial charge in [-0.05, 0) is 64.8 Å². The van der Waals surface area contributed by atoms with Crippen LogP contribution in [0.15, 0.2) is 32.6 Å². The van der Waals surface area contributed by atoms with Crippen molar-refractivity contribution in [3.05, 3.63) is 33.1 Å². The van der Waals surface area contributed by atoms with Gasteiger partial charge in [-0.1, -0.05) is 13.0 Å². The van der Waals surface area contributed by atoms with E-state index in [9.17, 15) is 4.79 Å². The van der Waals surface area contributed by atoms with Crippen molar-refractivity contribution in [2.45, 2.75) is 26.4 Å². The number of amides is 1. The minimum atomic E-state index is -0.288. The molecule has 1 aromatic rings. The number of ether oxygens (including phenoxy) is 1. The summed E-state index contributed by atoms with van der Waals surface area (Å²) in [5, 5.41) is 0.289. The van der Waals surface area contributed by atoms with Crippen LogP contribution in [0.3, 0.4) is 0 Å². The number of hydrogen-bond acceptors (Lipinski definition) is 4. The summed E-state index contributed by atoms with van der Waals surface area (Å²) >= 11 is 4.67. The maximum absolute atomic E-state index is 11.5. The number of amidine groups is 1. The molecule has 106 valence electrons. The number of carbonyl (C=O) groups excluding carboxylic acids is 1. The van der Waals surface area contributed by atoms with Crippen LogP contribution >= 0.6 is 27.7 Å². The third kappa shape index (κ3) is 3.64. The normalized spacial score (nSPS) is 18.2. The summed E-state index contributed by atoms with van der Waals surface area (Å²) in [6, 6.07) is 5.70. The number of thioether (sulfide) groups is 1. The summed E-state index contributed by atoms with van der Waals surface area (Å²) in [5.74, 6) is 0.506. The zero-order valence-electron chi connectivity index (χ0n) is 11.2. The highest BCUT2D eigenvalue weighted by Crippen LogP contribution is 2.31. The Morgan fingerprint density at radius 1 is 1.55 bits per heavy atom. The Kier molecular flexibility index (Phi) is 4.88. The van der Waals surface area contributed by atoms with Gasteiger partial charge in [0.1, 0.15) is 5.75 Å². The van der Waals surface area contributed by atoms with E-state index in [0.717, 1.165) is 22.2 Å². The van der Waals surface area contributed by atoms with Crippen molar-refractivity contribution in [1.29, 1.82) is 0 Å². The number of benzene rings is 1. The molecule has 1 aliphatic rings. The second kappa shape index (κ2) is 6.45. The van der Waals surface area contributed by atoms with E-state index in [2.05, 4.69) is 27.8 Å². The molecule has 0 fully saturated rings. The van der Waals surface area contributed by atoms with Crippen LogP contribution in [0, 0.1) is 0 Å². The standard InChI is InChI=1S/C14H15BrN2O2S/c1-3-8(2)19-11-5-4-9(6-10(11)15)7-12-13(18)17-14(16)20-12/h4-8H,3H2,1-2H3,(H2,16,17,18). The van der Waals surface area contributed by atoms with Crippen LogP contribution < -0.4 is 10.5 Å². The lowest BCUT2D eigenvalue weighted by atomic mass is 10.2. The average Bonchev–Trinajstić information content (AvgIpc) is 2.71. The molecule has 2 rings (SSSR count). The van der Waals surface area contributed by atoms with Gasteiger partial charge < -0.3 is 10.5 Å². The van der Waals surface area contributed by atoms with Crippen LogP contribution in [0.2, 0.25) is 0 Å². The quantitative estimate of drug-likeness (QED) is 0.839. The summed E-state index contributed by atoms with van der Waals surface area (Å²) in [5.41, 5.74) is 6.41. The molecular formula is C14H15BrN2O2S. The Bertz CT molecular complexity index is 599. The van der Waals surface area contributed by atoms with E-state index in [1.54, 1.807) is 6.08 Å². The predicted octanol–water partition coefficient (Wildman–Crippen LogP) is 3.56. The average molecular weight is 355 g/mol. The van der Waals surface area contributed by atoms with Crippen LogP contribution in [-0.4, -0.2) is 17.2 Å². The van der Waals surface area contributed by atoms with Gasteiger partial charge in [0.05, 0.1) is 15.5 Å². The van der Waals surface area contributed by atoms with Crippen molar-refractivity contribution in [3.8, 4) is 5.75 Å². The molecule has 6 heteroatoms. The van der Waals surface area contributed by atoms with E-state index in [-0.39, 0.29) is 17.2 Å². The molecule has 1 aliphatic heterocycles. The molecule has 1 amide bonds. The SMILES string of the molecule is CCC(C)Oc1ccc(C=C2SC(N)=NC2=O)cc1Br. The topological polar surface area (TPSA) is 64.7 Å². The summed E-state index contributed by atoms with van der Waals surface area (Å²) in [7, 11) is 0. The molecule has 0 aromatic heterocycles. The highest BCUT2D eigenvalue weighted by atomic mass is 79.9. The molecule has 0 spiro atoms. The van der Waals surface area contributed by atoms with Crippen LogP contribution in [0.4, 0.5) is 0 Å². The van der Waals surface area contributed by atoms with E-state index in [1.165, 1.54) is 11.8 Å². The number of carbonyl (C=O) groups is 1. The fourth-order valence-electron chi connectivity index (χ4n) is 1.58. The highest BCUT2D eigenvalue weighted by molar-refractivity contribution is 9.10. The first kappa shape index (κ1) is 15.1. The lowest BCUT2D eigenvalue weighted by molar-refractivity contribution is -0.113. The molecule has 0 saturated carbocycles. The number of halogens is 1. The molecule has 1 atom stereocenters.